The minimum absolute atomic E-state index is 0.405. The number of alkyl halides is 1. The zero-order valence-corrected chi connectivity index (χ0v) is 12.1. The lowest BCUT2D eigenvalue weighted by Crippen LogP contribution is -2.05. The van der Waals surface area contributed by atoms with E-state index in [4.69, 9.17) is 11.6 Å². The van der Waals surface area contributed by atoms with Crippen LogP contribution in [0, 0.1) is 13.8 Å². The minimum atomic E-state index is 0.405. The lowest BCUT2D eigenvalue weighted by atomic mass is 10.1. The Morgan fingerprint density at radius 1 is 1.17 bits per heavy atom. The predicted octanol–water partition coefficient (Wildman–Crippen LogP) is 4.35. The Balaban J connectivity index is 2.60. The molecule has 0 radical (unpaired) electrons. The molecule has 2 nitrogen and oxygen atoms in total. The Bertz CT molecular complexity index is 535. The van der Waals surface area contributed by atoms with E-state index in [2.05, 4.69) is 51.0 Å². The van der Waals surface area contributed by atoms with Crippen LogP contribution in [-0.2, 0) is 5.88 Å². The Hall–Kier alpha value is -1.28. The molecule has 2 aromatic rings. The molecule has 0 aliphatic rings. The normalized spacial score (nSPS) is 11.2. The average Bonchev–Trinajstić information content (AvgIpc) is 2.71. The topological polar surface area (TPSA) is 17.8 Å². The van der Waals surface area contributed by atoms with Gasteiger partial charge in [0, 0.05) is 5.56 Å². The molecule has 0 aliphatic carbocycles. The second kappa shape index (κ2) is 5.15. The third-order valence-corrected chi connectivity index (χ3v) is 3.32. The number of halogens is 1. The van der Waals surface area contributed by atoms with Gasteiger partial charge in [0.25, 0.3) is 0 Å². The molecule has 1 aromatic carbocycles. The highest BCUT2D eigenvalue weighted by Crippen LogP contribution is 2.25. The predicted molar refractivity (Wildman–Crippen MR) is 76.7 cm³/mol. The molecular weight excluding hydrogens is 244 g/mol. The summed E-state index contributed by atoms with van der Waals surface area (Å²) in [5.74, 6) is 0.917. The molecule has 2 rings (SSSR count). The number of rotatable bonds is 3. The van der Waals surface area contributed by atoms with Gasteiger partial charge in [0.05, 0.1) is 23.5 Å². The molecule has 0 spiro atoms. The van der Waals surface area contributed by atoms with Crippen LogP contribution < -0.4 is 0 Å². The summed E-state index contributed by atoms with van der Waals surface area (Å²) in [7, 11) is 0. The fourth-order valence-corrected chi connectivity index (χ4v) is 2.59. The zero-order chi connectivity index (χ0) is 13.3. The van der Waals surface area contributed by atoms with Crippen molar-refractivity contribution in [3.63, 3.8) is 0 Å². The van der Waals surface area contributed by atoms with Gasteiger partial charge < -0.3 is 0 Å². The van der Waals surface area contributed by atoms with Crippen LogP contribution in [0.3, 0.4) is 0 Å². The summed E-state index contributed by atoms with van der Waals surface area (Å²) in [5.41, 5.74) is 5.94. The van der Waals surface area contributed by atoms with Crippen molar-refractivity contribution in [3.05, 3.63) is 46.8 Å². The minimum Gasteiger partial charge on any atom is -0.237 e. The van der Waals surface area contributed by atoms with E-state index in [9.17, 15) is 0 Å². The lowest BCUT2D eigenvalue weighted by Gasteiger charge is -2.13. The number of aromatic nitrogens is 2. The molecular formula is C15H19ClN2. The Morgan fingerprint density at radius 2 is 1.78 bits per heavy atom. The second-order valence-electron chi connectivity index (χ2n) is 5.10. The van der Waals surface area contributed by atoms with E-state index in [1.165, 1.54) is 16.8 Å². The highest BCUT2D eigenvalue weighted by atomic mass is 35.5. The standard InChI is InChI=1S/C15H19ClN2/c1-10(2)15-13(8-16)9-17-18(15)14-6-11(3)5-12(4)7-14/h5-7,9-10H,8H2,1-4H3. The molecule has 0 fully saturated rings. The van der Waals surface area contributed by atoms with Crippen molar-refractivity contribution in [3.8, 4) is 5.69 Å². The maximum atomic E-state index is 5.99. The summed E-state index contributed by atoms with van der Waals surface area (Å²) in [4.78, 5) is 0. The first kappa shape index (κ1) is 13.2. The Morgan fingerprint density at radius 3 is 2.28 bits per heavy atom. The van der Waals surface area contributed by atoms with Crippen LogP contribution in [0.5, 0.6) is 0 Å². The van der Waals surface area contributed by atoms with Gasteiger partial charge in [-0.1, -0.05) is 19.9 Å². The highest BCUT2D eigenvalue weighted by Gasteiger charge is 2.15. The van der Waals surface area contributed by atoms with Gasteiger partial charge in [0.1, 0.15) is 0 Å². The molecule has 3 heteroatoms. The number of benzene rings is 1. The van der Waals surface area contributed by atoms with Crippen molar-refractivity contribution in [2.24, 2.45) is 0 Å². The second-order valence-corrected chi connectivity index (χ2v) is 5.37. The largest absolute Gasteiger partial charge is 0.237 e. The van der Waals surface area contributed by atoms with Gasteiger partial charge in [-0.05, 0) is 43.0 Å². The molecule has 0 unspecified atom stereocenters. The Labute approximate surface area is 114 Å². The first-order valence-corrected chi connectivity index (χ1v) is 6.77. The van der Waals surface area contributed by atoms with Gasteiger partial charge in [0.2, 0.25) is 0 Å². The van der Waals surface area contributed by atoms with E-state index in [0.29, 0.717) is 11.8 Å². The van der Waals surface area contributed by atoms with Crippen LogP contribution in [0.25, 0.3) is 5.69 Å². The molecule has 96 valence electrons. The third-order valence-electron chi connectivity index (χ3n) is 3.03. The van der Waals surface area contributed by atoms with E-state index in [1.54, 1.807) is 0 Å². The van der Waals surface area contributed by atoms with Crippen molar-refractivity contribution in [1.29, 1.82) is 0 Å². The molecule has 0 N–H and O–H groups in total. The maximum absolute atomic E-state index is 5.99. The van der Waals surface area contributed by atoms with Crippen LogP contribution in [0.1, 0.15) is 42.1 Å². The SMILES string of the molecule is Cc1cc(C)cc(-n2ncc(CCl)c2C(C)C)c1. The molecule has 1 aromatic heterocycles. The molecule has 0 amide bonds. The van der Waals surface area contributed by atoms with Gasteiger partial charge in [-0.2, -0.15) is 5.10 Å². The molecule has 0 aliphatic heterocycles. The summed E-state index contributed by atoms with van der Waals surface area (Å²) in [5, 5.41) is 4.49. The summed E-state index contributed by atoms with van der Waals surface area (Å²) < 4.78 is 2.02. The van der Waals surface area contributed by atoms with E-state index < -0.39 is 0 Å². The summed E-state index contributed by atoms with van der Waals surface area (Å²) in [6, 6.07) is 6.48. The van der Waals surface area contributed by atoms with Crippen molar-refractivity contribution in [1.82, 2.24) is 9.78 Å². The van der Waals surface area contributed by atoms with E-state index in [0.717, 1.165) is 11.3 Å². The van der Waals surface area contributed by atoms with E-state index in [1.807, 2.05) is 10.9 Å². The quantitative estimate of drug-likeness (QED) is 0.752. The van der Waals surface area contributed by atoms with Crippen molar-refractivity contribution in [2.45, 2.75) is 39.5 Å². The molecule has 0 atom stereocenters. The van der Waals surface area contributed by atoms with Crippen molar-refractivity contribution < 1.29 is 0 Å². The van der Waals surface area contributed by atoms with Crippen molar-refractivity contribution in [2.75, 3.05) is 0 Å². The van der Waals surface area contributed by atoms with Gasteiger partial charge in [0.15, 0.2) is 0 Å². The van der Waals surface area contributed by atoms with Gasteiger partial charge in [-0.15, -0.1) is 11.6 Å². The van der Waals surface area contributed by atoms with Crippen LogP contribution in [0.2, 0.25) is 0 Å². The van der Waals surface area contributed by atoms with Crippen molar-refractivity contribution >= 4 is 11.6 Å². The summed E-state index contributed by atoms with van der Waals surface area (Å²) in [6.07, 6.45) is 1.88. The molecule has 0 saturated heterocycles. The van der Waals surface area contributed by atoms with Crippen LogP contribution in [-0.4, -0.2) is 9.78 Å². The monoisotopic (exact) mass is 262 g/mol. The van der Waals surface area contributed by atoms with E-state index in [-0.39, 0.29) is 0 Å². The number of aryl methyl sites for hydroxylation is 2. The van der Waals surface area contributed by atoms with Crippen LogP contribution >= 0.6 is 11.6 Å². The molecule has 0 saturated carbocycles. The molecule has 18 heavy (non-hydrogen) atoms. The Kier molecular flexibility index (Phi) is 3.76. The maximum Gasteiger partial charge on any atom is 0.0654 e. The first-order valence-electron chi connectivity index (χ1n) is 6.24. The molecule has 0 bridgehead atoms. The lowest BCUT2D eigenvalue weighted by molar-refractivity contribution is 0.728. The summed E-state index contributed by atoms with van der Waals surface area (Å²) in [6.45, 7) is 8.56. The van der Waals surface area contributed by atoms with Gasteiger partial charge in [-0.3, -0.25) is 0 Å². The first-order chi connectivity index (χ1) is 8.52. The number of hydrogen-bond donors (Lipinski definition) is 0. The number of hydrogen-bond acceptors (Lipinski definition) is 1. The van der Waals surface area contributed by atoms with Crippen LogP contribution in [0.4, 0.5) is 0 Å². The molecule has 1 heterocycles. The highest BCUT2D eigenvalue weighted by molar-refractivity contribution is 6.17. The smallest absolute Gasteiger partial charge is 0.0654 e. The van der Waals surface area contributed by atoms with E-state index >= 15 is 0 Å². The van der Waals surface area contributed by atoms with Gasteiger partial charge in [-0.25, -0.2) is 4.68 Å². The fraction of sp³-hybridized carbons (Fsp3) is 0.400. The number of nitrogens with zero attached hydrogens (tertiary/aromatic N) is 2. The zero-order valence-electron chi connectivity index (χ0n) is 11.4. The van der Waals surface area contributed by atoms with Gasteiger partial charge >= 0.3 is 0 Å². The average molecular weight is 263 g/mol. The fourth-order valence-electron chi connectivity index (χ4n) is 2.39. The van der Waals surface area contributed by atoms with Crippen LogP contribution in [0.15, 0.2) is 24.4 Å². The summed E-state index contributed by atoms with van der Waals surface area (Å²) >= 11 is 5.99. The third kappa shape index (κ3) is 2.44.